The first-order valence-corrected chi connectivity index (χ1v) is 7.03. The zero-order valence-electron chi connectivity index (χ0n) is 12.4. The van der Waals surface area contributed by atoms with Crippen LogP contribution in [0.4, 0.5) is 0 Å². The van der Waals surface area contributed by atoms with Crippen LogP contribution in [0.1, 0.15) is 40.1 Å². The second-order valence-corrected chi connectivity index (χ2v) is 5.21. The maximum atomic E-state index is 12.2. The Bertz CT molecular complexity index is 629. The average Bonchev–Trinajstić information content (AvgIpc) is 2.78. The molecule has 3 N–H and O–H groups in total. The average molecular weight is 274 g/mol. The largest absolute Gasteiger partial charge is 0.450 e. The van der Waals surface area contributed by atoms with Crippen molar-refractivity contribution in [3.63, 3.8) is 0 Å². The molecule has 4 heteroatoms. The van der Waals surface area contributed by atoms with Gasteiger partial charge < -0.3 is 15.5 Å². The molecule has 0 spiro atoms. The van der Waals surface area contributed by atoms with Crippen LogP contribution >= 0.6 is 0 Å². The highest BCUT2D eigenvalue weighted by atomic mass is 16.3. The smallest absolute Gasteiger partial charge is 0.287 e. The summed E-state index contributed by atoms with van der Waals surface area (Å²) >= 11 is 0. The second kappa shape index (κ2) is 6.09. The molecule has 0 saturated heterocycles. The molecule has 2 rings (SSSR count). The van der Waals surface area contributed by atoms with Crippen LogP contribution in [0, 0.1) is 20.8 Å². The van der Waals surface area contributed by atoms with Gasteiger partial charge in [0.15, 0.2) is 5.76 Å². The van der Waals surface area contributed by atoms with E-state index in [2.05, 4.69) is 11.4 Å². The van der Waals surface area contributed by atoms with E-state index in [1.165, 1.54) is 0 Å². The van der Waals surface area contributed by atoms with Crippen LogP contribution in [0.5, 0.6) is 0 Å². The maximum Gasteiger partial charge on any atom is 0.287 e. The van der Waals surface area contributed by atoms with E-state index >= 15 is 0 Å². The summed E-state index contributed by atoms with van der Waals surface area (Å²) in [7, 11) is 0. The molecule has 1 aromatic heterocycles. The van der Waals surface area contributed by atoms with Gasteiger partial charge in [-0.15, -0.1) is 0 Å². The highest BCUT2D eigenvalue weighted by molar-refractivity contribution is 6.00. The molecule has 2 aromatic rings. The highest BCUT2D eigenvalue weighted by Gasteiger charge is 2.19. The number of rotatable bonds is 5. The van der Waals surface area contributed by atoms with Gasteiger partial charge in [-0.2, -0.15) is 0 Å². The lowest BCUT2D eigenvalue weighted by Gasteiger charge is -2.02. The van der Waals surface area contributed by atoms with Crippen molar-refractivity contribution in [2.45, 2.75) is 33.6 Å². The number of hydrogen-bond donors (Lipinski definition) is 2. The fourth-order valence-electron chi connectivity index (χ4n) is 2.44. The Morgan fingerprint density at radius 2 is 1.90 bits per heavy atom. The van der Waals surface area contributed by atoms with Gasteiger partial charge in [0.2, 0.25) is 0 Å². The van der Waals surface area contributed by atoms with Crippen molar-refractivity contribution in [3.8, 4) is 0 Å². The third-order valence-electron chi connectivity index (χ3n) is 3.61. The number of nitrogens with two attached hydrogens (primary N) is 1. The van der Waals surface area contributed by atoms with Crippen LogP contribution in [0.15, 0.2) is 16.5 Å². The van der Waals surface area contributed by atoms with Gasteiger partial charge in [-0.05, 0) is 51.3 Å². The summed E-state index contributed by atoms with van der Waals surface area (Å²) in [4.78, 5) is 12.2. The summed E-state index contributed by atoms with van der Waals surface area (Å²) in [6.45, 7) is 7.25. The van der Waals surface area contributed by atoms with E-state index in [0.29, 0.717) is 18.8 Å². The van der Waals surface area contributed by atoms with E-state index < -0.39 is 0 Å². The molecule has 1 heterocycles. The Morgan fingerprint density at radius 1 is 1.20 bits per heavy atom. The number of benzene rings is 1. The van der Waals surface area contributed by atoms with Gasteiger partial charge >= 0.3 is 0 Å². The number of carbonyl (C=O) groups excluding carboxylic acids is 1. The minimum absolute atomic E-state index is 0.144. The van der Waals surface area contributed by atoms with Crippen molar-refractivity contribution in [1.29, 1.82) is 0 Å². The number of fused-ring (bicyclic) bond motifs is 1. The molecule has 0 aliphatic carbocycles. The van der Waals surface area contributed by atoms with Gasteiger partial charge in [-0.1, -0.05) is 12.1 Å². The lowest BCUT2D eigenvalue weighted by Crippen LogP contribution is -2.25. The van der Waals surface area contributed by atoms with Gasteiger partial charge in [0, 0.05) is 17.5 Å². The van der Waals surface area contributed by atoms with Crippen LogP contribution in [-0.2, 0) is 0 Å². The number of unbranched alkanes of at least 4 members (excludes halogenated alkanes) is 1. The zero-order valence-corrected chi connectivity index (χ0v) is 12.4. The van der Waals surface area contributed by atoms with Gasteiger partial charge in [0.05, 0.1) is 0 Å². The van der Waals surface area contributed by atoms with Crippen molar-refractivity contribution >= 4 is 16.9 Å². The van der Waals surface area contributed by atoms with Crippen LogP contribution in [0.3, 0.4) is 0 Å². The first kappa shape index (κ1) is 14.6. The second-order valence-electron chi connectivity index (χ2n) is 5.21. The Morgan fingerprint density at radius 3 is 2.55 bits per heavy atom. The van der Waals surface area contributed by atoms with Crippen LogP contribution < -0.4 is 11.1 Å². The zero-order chi connectivity index (χ0) is 14.7. The van der Waals surface area contributed by atoms with Crippen molar-refractivity contribution in [1.82, 2.24) is 5.32 Å². The molecule has 0 fully saturated rings. The summed E-state index contributed by atoms with van der Waals surface area (Å²) < 4.78 is 5.79. The number of carbonyl (C=O) groups is 1. The SMILES string of the molecule is Cc1ccc(C)c2c(C)c(C(=O)NCCCCN)oc12. The highest BCUT2D eigenvalue weighted by Crippen LogP contribution is 2.30. The molecular weight excluding hydrogens is 252 g/mol. The van der Waals surface area contributed by atoms with Crippen molar-refractivity contribution < 1.29 is 9.21 Å². The molecule has 0 aliphatic rings. The van der Waals surface area contributed by atoms with Crippen molar-refractivity contribution in [2.24, 2.45) is 5.73 Å². The normalized spacial score (nSPS) is 11.0. The summed E-state index contributed by atoms with van der Waals surface area (Å²) in [6.07, 6.45) is 1.80. The van der Waals surface area contributed by atoms with Gasteiger partial charge in [0.25, 0.3) is 5.91 Å². The van der Waals surface area contributed by atoms with E-state index in [-0.39, 0.29) is 5.91 Å². The molecule has 0 atom stereocenters. The summed E-state index contributed by atoms with van der Waals surface area (Å²) in [6, 6.07) is 4.08. The monoisotopic (exact) mass is 274 g/mol. The molecule has 4 nitrogen and oxygen atoms in total. The molecule has 0 aliphatic heterocycles. The van der Waals surface area contributed by atoms with Gasteiger partial charge in [-0.3, -0.25) is 4.79 Å². The quantitative estimate of drug-likeness (QED) is 0.824. The van der Waals surface area contributed by atoms with E-state index in [1.807, 2.05) is 26.8 Å². The standard InChI is InChI=1S/C16H22N2O2/c1-10-6-7-11(2)14-13(10)12(3)15(20-14)16(19)18-9-5-4-8-17/h6-7H,4-5,8-9,17H2,1-3H3,(H,18,19). The summed E-state index contributed by atoms with van der Waals surface area (Å²) in [5.74, 6) is 0.277. The molecule has 1 amide bonds. The van der Waals surface area contributed by atoms with E-state index in [0.717, 1.165) is 40.5 Å². The fourth-order valence-corrected chi connectivity index (χ4v) is 2.44. The van der Waals surface area contributed by atoms with E-state index in [1.54, 1.807) is 0 Å². The predicted molar refractivity (Wildman–Crippen MR) is 81.0 cm³/mol. The lowest BCUT2D eigenvalue weighted by molar-refractivity contribution is 0.0926. The third-order valence-corrected chi connectivity index (χ3v) is 3.61. The Balaban J connectivity index is 2.27. The first-order valence-electron chi connectivity index (χ1n) is 7.03. The lowest BCUT2D eigenvalue weighted by atomic mass is 10.0. The number of hydrogen-bond acceptors (Lipinski definition) is 3. The van der Waals surface area contributed by atoms with Gasteiger partial charge in [0.1, 0.15) is 5.58 Å². The van der Waals surface area contributed by atoms with Gasteiger partial charge in [-0.25, -0.2) is 0 Å². The van der Waals surface area contributed by atoms with E-state index in [4.69, 9.17) is 10.2 Å². The van der Waals surface area contributed by atoms with Crippen LogP contribution in [0.25, 0.3) is 11.0 Å². The molecule has 0 radical (unpaired) electrons. The first-order chi connectivity index (χ1) is 9.56. The molecule has 1 aromatic carbocycles. The van der Waals surface area contributed by atoms with Crippen LogP contribution in [-0.4, -0.2) is 19.0 Å². The Hall–Kier alpha value is -1.81. The molecular formula is C16H22N2O2. The van der Waals surface area contributed by atoms with Crippen molar-refractivity contribution in [3.05, 3.63) is 34.6 Å². The molecule has 20 heavy (non-hydrogen) atoms. The summed E-state index contributed by atoms with van der Waals surface area (Å²) in [5, 5.41) is 3.94. The predicted octanol–water partition coefficient (Wildman–Crippen LogP) is 2.83. The number of nitrogens with one attached hydrogen (secondary N) is 1. The molecule has 0 bridgehead atoms. The number of aryl methyl sites for hydroxylation is 3. The van der Waals surface area contributed by atoms with Crippen LogP contribution in [0.2, 0.25) is 0 Å². The Labute approximate surface area is 119 Å². The van der Waals surface area contributed by atoms with E-state index in [9.17, 15) is 4.79 Å². The van der Waals surface area contributed by atoms with Crippen molar-refractivity contribution in [2.75, 3.05) is 13.1 Å². The Kier molecular flexibility index (Phi) is 4.45. The number of furan rings is 1. The number of amides is 1. The molecule has 108 valence electrons. The molecule has 0 saturated carbocycles. The third kappa shape index (κ3) is 2.70. The fraction of sp³-hybridized carbons (Fsp3) is 0.438. The topological polar surface area (TPSA) is 68.3 Å². The molecule has 0 unspecified atom stereocenters. The minimum Gasteiger partial charge on any atom is -0.450 e. The summed E-state index contributed by atoms with van der Waals surface area (Å²) in [5.41, 5.74) is 9.35. The minimum atomic E-state index is -0.144. The maximum absolute atomic E-state index is 12.2.